The average Bonchev–Trinajstić information content (AvgIpc) is 3.17. The minimum absolute atomic E-state index is 0.115. The lowest BCUT2D eigenvalue weighted by Crippen LogP contribution is -2.40. The number of rotatable bonds is 4. The maximum absolute atomic E-state index is 12.4. The molecule has 1 aliphatic rings. The van der Waals surface area contributed by atoms with Crippen LogP contribution in [0.4, 0.5) is 0 Å². The number of nitrogens with zero attached hydrogens (tertiary/aromatic N) is 3. The van der Waals surface area contributed by atoms with Gasteiger partial charge in [0.1, 0.15) is 12.7 Å². The Balaban J connectivity index is 1.76. The summed E-state index contributed by atoms with van der Waals surface area (Å²) in [5.74, 6) is -0.115. The molecular weight excluding hydrogens is 268 g/mol. The minimum atomic E-state index is -0.249. The molecule has 1 aromatic heterocycles. The van der Waals surface area contributed by atoms with Gasteiger partial charge in [-0.25, -0.2) is 0 Å². The van der Waals surface area contributed by atoms with Crippen molar-refractivity contribution in [1.82, 2.24) is 20.1 Å². The third kappa shape index (κ3) is 2.95. The van der Waals surface area contributed by atoms with Gasteiger partial charge in [0, 0.05) is 13.2 Å². The molecule has 21 heavy (non-hydrogen) atoms. The van der Waals surface area contributed by atoms with Gasteiger partial charge in [-0.2, -0.15) is 0 Å². The first-order valence-corrected chi connectivity index (χ1v) is 7.04. The molecule has 1 N–H and O–H groups in total. The second kappa shape index (κ2) is 5.65. The number of aromatic nitrogens is 3. The van der Waals surface area contributed by atoms with E-state index >= 15 is 0 Å². The summed E-state index contributed by atoms with van der Waals surface area (Å²) in [5.41, 5.74) is 1.11. The molecular formula is C15H18N4O2. The van der Waals surface area contributed by atoms with Crippen molar-refractivity contribution in [3.8, 4) is 5.69 Å². The highest BCUT2D eigenvalue weighted by Crippen LogP contribution is 2.24. The van der Waals surface area contributed by atoms with Crippen LogP contribution in [0.2, 0.25) is 0 Å². The molecule has 0 spiro atoms. The summed E-state index contributed by atoms with van der Waals surface area (Å²) in [6.45, 7) is 3.32. The topological polar surface area (TPSA) is 69.0 Å². The van der Waals surface area contributed by atoms with Crippen LogP contribution in [-0.4, -0.2) is 39.4 Å². The number of benzene rings is 1. The molecule has 0 radical (unpaired) electrons. The van der Waals surface area contributed by atoms with Crippen molar-refractivity contribution >= 4 is 5.91 Å². The van der Waals surface area contributed by atoms with Crippen LogP contribution in [0.1, 0.15) is 30.1 Å². The third-order valence-corrected chi connectivity index (χ3v) is 3.77. The van der Waals surface area contributed by atoms with Gasteiger partial charge in [-0.1, -0.05) is 12.1 Å². The zero-order valence-corrected chi connectivity index (χ0v) is 12.0. The first-order valence-electron chi connectivity index (χ1n) is 7.04. The smallest absolute Gasteiger partial charge is 0.253 e. The normalized spacial score (nSPS) is 21.4. The van der Waals surface area contributed by atoms with Gasteiger partial charge in [0.2, 0.25) is 0 Å². The van der Waals surface area contributed by atoms with Crippen molar-refractivity contribution in [2.75, 3.05) is 13.2 Å². The second-order valence-electron chi connectivity index (χ2n) is 5.47. The second-order valence-corrected chi connectivity index (χ2v) is 5.47. The summed E-state index contributed by atoms with van der Waals surface area (Å²) in [7, 11) is 0. The van der Waals surface area contributed by atoms with E-state index in [4.69, 9.17) is 4.74 Å². The van der Waals surface area contributed by atoms with E-state index in [0.717, 1.165) is 25.1 Å². The largest absolute Gasteiger partial charge is 0.373 e. The lowest BCUT2D eigenvalue weighted by Gasteiger charge is -2.23. The molecule has 6 nitrogen and oxygen atoms in total. The standard InChI is InChI=1S/C15H18N4O2/c1-15(7-4-8-21-15)9-16-14(20)12-5-2-3-6-13(12)19-10-17-18-11-19/h2-3,5-6,10-11H,4,7-9H2,1H3,(H,16,20)/t15-/m0/s1. The molecule has 110 valence electrons. The fourth-order valence-corrected chi connectivity index (χ4v) is 2.55. The van der Waals surface area contributed by atoms with E-state index < -0.39 is 0 Å². The molecule has 1 saturated heterocycles. The Labute approximate surface area is 123 Å². The van der Waals surface area contributed by atoms with Crippen molar-refractivity contribution in [2.45, 2.75) is 25.4 Å². The zero-order chi connectivity index (χ0) is 14.7. The Morgan fingerprint density at radius 2 is 2.14 bits per heavy atom. The van der Waals surface area contributed by atoms with E-state index in [-0.39, 0.29) is 11.5 Å². The van der Waals surface area contributed by atoms with Gasteiger partial charge < -0.3 is 10.1 Å². The predicted molar refractivity (Wildman–Crippen MR) is 77.3 cm³/mol. The quantitative estimate of drug-likeness (QED) is 0.926. The molecule has 1 amide bonds. The summed E-state index contributed by atoms with van der Waals surface area (Å²) in [6.07, 6.45) is 5.17. The zero-order valence-electron chi connectivity index (χ0n) is 12.0. The molecule has 2 aromatic rings. The van der Waals surface area contributed by atoms with Crippen molar-refractivity contribution in [3.05, 3.63) is 42.5 Å². The van der Waals surface area contributed by atoms with Gasteiger partial charge in [-0.05, 0) is 31.9 Å². The monoisotopic (exact) mass is 286 g/mol. The SMILES string of the molecule is C[C@@]1(CNC(=O)c2ccccc2-n2cnnc2)CCCO1. The number of carbonyl (C=O) groups excluding carboxylic acids is 1. The van der Waals surface area contributed by atoms with Crippen LogP contribution in [0.3, 0.4) is 0 Å². The van der Waals surface area contributed by atoms with E-state index in [1.165, 1.54) is 0 Å². The predicted octanol–water partition coefficient (Wildman–Crippen LogP) is 1.57. The number of ether oxygens (including phenoxy) is 1. The molecule has 3 rings (SSSR count). The maximum Gasteiger partial charge on any atom is 0.253 e. The van der Waals surface area contributed by atoms with Crippen LogP contribution in [-0.2, 0) is 4.74 Å². The van der Waals surface area contributed by atoms with E-state index in [9.17, 15) is 4.79 Å². The Morgan fingerprint density at radius 3 is 2.86 bits per heavy atom. The highest BCUT2D eigenvalue weighted by atomic mass is 16.5. The van der Waals surface area contributed by atoms with Crippen LogP contribution >= 0.6 is 0 Å². The molecule has 0 saturated carbocycles. The van der Waals surface area contributed by atoms with Crippen LogP contribution in [0.15, 0.2) is 36.9 Å². The first kappa shape index (κ1) is 13.8. The molecule has 0 bridgehead atoms. The number of hydrogen-bond acceptors (Lipinski definition) is 4. The lowest BCUT2D eigenvalue weighted by molar-refractivity contribution is 0.0206. The Morgan fingerprint density at radius 1 is 1.38 bits per heavy atom. The van der Waals surface area contributed by atoms with Gasteiger partial charge in [0.05, 0.1) is 16.9 Å². The highest BCUT2D eigenvalue weighted by Gasteiger charge is 2.30. The first-order chi connectivity index (χ1) is 10.2. The van der Waals surface area contributed by atoms with Gasteiger partial charge in [0.25, 0.3) is 5.91 Å². The van der Waals surface area contributed by atoms with Gasteiger partial charge in [0.15, 0.2) is 0 Å². The van der Waals surface area contributed by atoms with Crippen LogP contribution in [0, 0.1) is 0 Å². The fraction of sp³-hybridized carbons (Fsp3) is 0.400. The van der Waals surface area contributed by atoms with Gasteiger partial charge >= 0.3 is 0 Å². The summed E-state index contributed by atoms with van der Waals surface area (Å²) in [5, 5.41) is 10.5. The number of amides is 1. The summed E-state index contributed by atoms with van der Waals surface area (Å²) < 4.78 is 7.41. The molecule has 1 aliphatic heterocycles. The number of hydrogen-bond donors (Lipinski definition) is 1. The van der Waals surface area contributed by atoms with E-state index in [0.29, 0.717) is 12.1 Å². The van der Waals surface area contributed by atoms with Gasteiger partial charge in [-0.15, -0.1) is 10.2 Å². The van der Waals surface area contributed by atoms with E-state index in [1.54, 1.807) is 23.3 Å². The van der Waals surface area contributed by atoms with E-state index in [1.807, 2.05) is 25.1 Å². The van der Waals surface area contributed by atoms with Crippen molar-refractivity contribution in [3.63, 3.8) is 0 Å². The fourth-order valence-electron chi connectivity index (χ4n) is 2.55. The summed E-state index contributed by atoms with van der Waals surface area (Å²) >= 11 is 0. The summed E-state index contributed by atoms with van der Waals surface area (Å²) in [6, 6.07) is 7.39. The van der Waals surface area contributed by atoms with Crippen LogP contribution in [0.25, 0.3) is 5.69 Å². The number of nitrogens with one attached hydrogen (secondary N) is 1. The number of para-hydroxylation sites is 1. The molecule has 2 heterocycles. The molecule has 0 aliphatic carbocycles. The highest BCUT2D eigenvalue weighted by molar-refractivity contribution is 5.97. The van der Waals surface area contributed by atoms with Gasteiger partial charge in [-0.3, -0.25) is 9.36 Å². The van der Waals surface area contributed by atoms with Crippen LogP contribution in [0.5, 0.6) is 0 Å². The Hall–Kier alpha value is -2.21. The third-order valence-electron chi connectivity index (χ3n) is 3.77. The van der Waals surface area contributed by atoms with Crippen molar-refractivity contribution in [1.29, 1.82) is 0 Å². The van der Waals surface area contributed by atoms with Crippen LogP contribution < -0.4 is 5.32 Å². The van der Waals surface area contributed by atoms with Crippen molar-refractivity contribution in [2.24, 2.45) is 0 Å². The van der Waals surface area contributed by atoms with E-state index in [2.05, 4.69) is 15.5 Å². The molecule has 6 heteroatoms. The lowest BCUT2D eigenvalue weighted by atomic mass is 10.0. The molecule has 1 aromatic carbocycles. The Bertz CT molecular complexity index is 618. The van der Waals surface area contributed by atoms with Crippen molar-refractivity contribution < 1.29 is 9.53 Å². The summed E-state index contributed by atoms with van der Waals surface area (Å²) in [4.78, 5) is 12.4. The Kier molecular flexibility index (Phi) is 3.70. The maximum atomic E-state index is 12.4. The minimum Gasteiger partial charge on any atom is -0.373 e. The average molecular weight is 286 g/mol. The molecule has 1 fully saturated rings. The molecule has 0 unspecified atom stereocenters. The molecule has 1 atom stereocenters. The number of carbonyl (C=O) groups is 1.